The summed E-state index contributed by atoms with van der Waals surface area (Å²) in [6.45, 7) is 10.1. The molecule has 1 aromatic rings. The van der Waals surface area contributed by atoms with E-state index in [4.69, 9.17) is 33.2 Å². The lowest BCUT2D eigenvalue weighted by atomic mass is 9.80. The van der Waals surface area contributed by atoms with Crippen molar-refractivity contribution in [2.75, 3.05) is 34.4 Å². The van der Waals surface area contributed by atoms with Crippen LogP contribution in [0.15, 0.2) is 42.7 Å². The van der Waals surface area contributed by atoms with E-state index in [1.165, 1.54) is 5.56 Å². The topological polar surface area (TPSA) is 64.6 Å². The molecule has 1 aromatic carbocycles. The number of methoxy groups -OCH3 is 2. The lowest BCUT2D eigenvalue weighted by Crippen LogP contribution is -2.53. The van der Waals surface area contributed by atoms with E-state index in [2.05, 4.69) is 32.6 Å². The van der Waals surface area contributed by atoms with Crippen LogP contribution in [-0.4, -0.2) is 64.4 Å². The van der Waals surface area contributed by atoms with E-state index in [9.17, 15) is 0 Å². The lowest BCUT2D eigenvalue weighted by molar-refractivity contribution is -0.215. The van der Waals surface area contributed by atoms with Gasteiger partial charge in [0, 0.05) is 27.2 Å². The Kier molecular flexibility index (Phi) is 10.2. The summed E-state index contributed by atoms with van der Waals surface area (Å²) in [5.41, 5.74) is 0.674. The van der Waals surface area contributed by atoms with E-state index >= 15 is 0 Å². The van der Waals surface area contributed by atoms with Gasteiger partial charge < -0.3 is 33.2 Å². The second kappa shape index (κ2) is 12.8. The van der Waals surface area contributed by atoms with Crippen LogP contribution >= 0.6 is 0 Å². The summed E-state index contributed by atoms with van der Waals surface area (Å²) in [6.07, 6.45) is 2.63. The predicted octanol–water partition coefficient (Wildman–Crippen LogP) is 4.45. The summed E-state index contributed by atoms with van der Waals surface area (Å²) in [6, 6.07) is 10.2. The van der Waals surface area contributed by atoms with Gasteiger partial charge in [0.2, 0.25) is 0 Å². The van der Waals surface area contributed by atoms with Crippen molar-refractivity contribution in [3.8, 4) is 0 Å². The minimum atomic E-state index is -0.519. The Hall–Kier alpha value is -1.48. The maximum atomic E-state index is 6.72. The fraction of sp³-hybridized carbons (Fsp3) is 0.692. The molecule has 2 saturated heterocycles. The number of ether oxygens (including phenoxy) is 7. The molecule has 2 aliphatic rings. The number of fused-ring (bicyclic) bond motifs is 1. The van der Waals surface area contributed by atoms with Crippen LogP contribution in [-0.2, 0) is 39.8 Å². The summed E-state index contributed by atoms with van der Waals surface area (Å²) < 4.78 is 41.0. The Balaban J connectivity index is 1.58. The maximum absolute atomic E-state index is 6.72. The van der Waals surface area contributed by atoms with Crippen LogP contribution in [0, 0.1) is 5.92 Å². The quantitative estimate of drug-likeness (QED) is 0.334. The first-order chi connectivity index (χ1) is 16.0. The van der Waals surface area contributed by atoms with E-state index in [0.717, 1.165) is 19.3 Å². The second-order valence-corrected chi connectivity index (χ2v) is 9.24. The van der Waals surface area contributed by atoms with Crippen LogP contribution in [0.3, 0.4) is 0 Å². The van der Waals surface area contributed by atoms with Gasteiger partial charge in [0.05, 0.1) is 18.8 Å². The molecule has 0 bridgehead atoms. The van der Waals surface area contributed by atoms with Gasteiger partial charge in [-0.25, -0.2) is 0 Å². The molecule has 0 aromatic heterocycles. The van der Waals surface area contributed by atoms with Crippen molar-refractivity contribution in [2.24, 2.45) is 5.92 Å². The molecule has 0 spiro atoms. The third-order valence-corrected chi connectivity index (χ3v) is 6.53. The van der Waals surface area contributed by atoms with Gasteiger partial charge in [-0.05, 0) is 37.7 Å². The first-order valence-corrected chi connectivity index (χ1v) is 11.8. The number of hydrogen-bond donors (Lipinski definition) is 0. The molecule has 2 heterocycles. The molecular weight excluding hydrogens is 424 g/mol. The first-order valence-electron chi connectivity index (χ1n) is 11.8. The lowest BCUT2D eigenvalue weighted by Gasteiger charge is -2.47. The Morgan fingerprint density at radius 2 is 1.82 bits per heavy atom. The normalized spacial score (nSPS) is 32.1. The molecule has 33 heavy (non-hydrogen) atoms. The highest BCUT2D eigenvalue weighted by Gasteiger charge is 2.51. The first kappa shape index (κ1) is 26.1. The van der Waals surface area contributed by atoms with Gasteiger partial charge in [0.1, 0.15) is 37.2 Å². The molecule has 7 nitrogen and oxygen atoms in total. The van der Waals surface area contributed by atoms with Crippen molar-refractivity contribution in [1.82, 2.24) is 0 Å². The standard InChI is InChI=1S/C26H40O7/c1-19-14-24-26(3,15-23(30-17-27-4)25(20(2)32-24)31-18-28-5)33-22(19)12-9-13-29-16-21-10-7-6-8-11-21/h6-8,10-11,19,22-25H,2,9,12-18H2,1,3-5H3/t19-,22-,23-,24-,25+,26+/m0/s1. The molecule has 3 rings (SSSR count). The summed E-state index contributed by atoms with van der Waals surface area (Å²) in [5, 5.41) is 0. The summed E-state index contributed by atoms with van der Waals surface area (Å²) in [4.78, 5) is 0. The van der Waals surface area contributed by atoms with Gasteiger partial charge in [-0.15, -0.1) is 0 Å². The Labute approximate surface area is 198 Å². The molecule has 0 amide bonds. The van der Waals surface area contributed by atoms with Crippen LogP contribution in [0.2, 0.25) is 0 Å². The molecular formula is C26H40O7. The summed E-state index contributed by atoms with van der Waals surface area (Å²) >= 11 is 0. The fourth-order valence-electron chi connectivity index (χ4n) is 4.73. The molecule has 0 unspecified atom stereocenters. The van der Waals surface area contributed by atoms with Gasteiger partial charge in [0.25, 0.3) is 0 Å². The third kappa shape index (κ3) is 7.25. The third-order valence-electron chi connectivity index (χ3n) is 6.53. The zero-order valence-corrected chi connectivity index (χ0v) is 20.5. The minimum Gasteiger partial charge on any atom is -0.490 e. The van der Waals surface area contributed by atoms with E-state index in [-0.39, 0.29) is 31.9 Å². The zero-order valence-electron chi connectivity index (χ0n) is 20.5. The average molecular weight is 465 g/mol. The smallest absolute Gasteiger partial charge is 0.147 e. The maximum Gasteiger partial charge on any atom is 0.147 e. The molecule has 186 valence electrons. The molecule has 6 atom stereocenters. The van der Waals surface area contributed by atoms with Crippen molar-refractivity contribution in [1.29, 1.82) is 0 Å². The molecule has 0 saturated carbocycles. The Bertz CT molecular complexity index is 712. The van der Waals surface area contributed by atoms with Crippen molar-refractivity contribution in [2.45, 2.75) is 76.2 Å². The molecule has 2 fully saturated rings. The van der Waals surface area contributed by atoms with Crippen molar-refractivity contribution >= 4 is 0 Å². The molecule has 7 heteroatoms. The van der Waals surface area contributed by atoms with E-state index in [1.807, 2.05) is 18.2 Å². The molecule has 0 radical (unpaired) electrons. The van der Waals surface area contributed by atoms with Crippen molar-refractivity contribution < 1.29 is 33.2 Å². The van der Waals surface area contributed by atoms with Crippen LogP contribution in [0.5, 0.6) is 0 Å². The highest BCUT2D eigenvalue weighted by molar-refractivity contribution is 5.13. The van der Waals surface area contributed by atoms with Crippen LogP contribution < -0.4 is 0 Å². The predicted molar refractivity (Wildman–Crippen MR) is 125 cm³/mol. The monoisotopic (exact) mass is 464 g/mol. The SMILES string of the molecule is C=C1O[C@H]2C[C@H](C)[C@H](CCCOCc3ccccc3)O[C@]2(C)C[C@H](OCOC)[C@@H]1OCOC. The highest BCUT2D eigenvalue weighted by Crippen LogP contribution is 2.43. The van der Waals surface area contributed by atoms with Crippen LogP contribution in [0.1, 0.15) is 45.1 Å². The average Bonchev–Trinajstić information content (AvgIpc) is 2.90. The number of benzene rings is 1. The van der Waals surface area contributed by atoms with Gasteiger partial charge in [-0.2, -0.15) is 0 Å². The Morgan fingerprint density at radius 1 is 1.09 bits per heavy atom. The zero-order chi connectivity index (χ0) is 23.7. The molecule has 2 aliphatic heterocycles. The van der Waals surface area contributed by atoms with Gasteiger partial charge in [0.15, 0.2) is 0 Å². The Morgan fingerprint density at radius 3 is 2.55 bits per heavy atom. The van der Waals surface area contributed by atoms with Gasteiger partial charge in [-0.3, -0.25) is 0 Å². The van der Waals surface area contributed by atoms with E-state index in [0.29, 0.717) is 31.3 Å². The fourth-order valence-corrected chi connectivity index (χ4v) is 4.73. The van der Waals surface area contributed by atoms with E-state index in [1.54, 1.807) is 14.2 Å². The highest BCUT2D eigenvalue weighted by atomic mass is 16.7. The summed E-state index contributed by atoms with van der Waals surface area (Å²) in [7, 11) is 3.19. The van der Waals surface area contributed by atoms with E-state index < -0.39 is 11.7 Å². The number of hydrogen-bond acceptors (Lipinski definition) is 7. The van der Waals surface area contributed by atoms with Crippen LogP contribution in [0.25, 0.3) is 0 Å². The summed E-state index contributed by atoms with van der Waals surface area (Å²) in [5.74, 6) is 0.908. The minimum absolute atomic E-state index is 0.115. The largest absolute Gasteiger partial charge is 0.490 e. The second-order valence-electron chi connectivity index (χ2n) is 9.24. The van der Waals surface area contributed by atoms with Gasteiger partial charge >= 0.3 is 0 Å². The van der Waals surface area contributed by atoms with Crippen LogP contribution in [0.4, 0.5) is 0 Å². The van der Waals surface area contributed by atoms with Gasteiger partial charge in [-0.1, -0.05) is 43.8 Å². The number of rotatable bonds is 12. The van der Waals surface area contributed by atoms with Crippen molar-refractivity contribution in [3.63, 3.8) is 0 Å². The molecule has 0 aliphatic carbocycles. The molecule has 0 N–H and O–H groups in total. The van der Waals surface area contributed by atoms with Crippen molar-refractivity contribution in [3.05, 3.63) is 48.2 Å².